The Kier molecular flexibility index (Phi) is 6.49. The summed E-state index contributed by atoms with van der Waals surface area (Å²) in [6.07, 6.45) is 2.36. The van der Waals surface area contributed by atoms with Crippen molar-refractivity contribution in [1.29, 1.82) is 0 Å². The fraction of sp³-hybridized carbons (Fsp3) is 0.250. The Labute approximate surface area is 171 Å². The molecule has 6 nitrogen and oxygen atoms in total. The van der Waals surface area contributed by atoms with Crippen molar-refractivity contribution in [3.63, 3.8) is 0 Å². The van der Waals surface area contributed by atoms with E-state index < -0.39 is 0 Å². The molecule has 2 N–H and O–H groups in total. The molecule has 0 bridgehead atoms. The van der Waals surface area contributed by atoms with Gasteiger partial charge in [0.2, 0.25) is 5.91 Å². The molecule has 0 unspecified atom stereocenters. The molecule has 8 heteroatoms. The molecule has 28 heavy (non-hydrogen) atoms. The Hall–Kier alpha value is -2.64. The third-order valence-electron chi connectivity index (χ3n) is 4.23. The molecule has 1 atom stereocenters. The maximum atomic E-state index is 12.4. The highest BCUT2D eigenvalue weighted by Crippen LogP contribution is 2.21. The fourth-order valence-electron chi connectivity index (χ4n) is 2.76. The van der Waals surface area contributed by atoms with E-state index in [1.165, 1.54) is 17.6 Å². The number of carbonyl (C=O) groups is 2. The summed E-state index contributed by atoms with van der Waals surface area (Å²) >= 11 is 7.20. The molecule has 2 amide bonds. The SMILES string of the molecule is CC[C@@H](NC(=O)Cc1csc(NC(=O)c2ccoc2C)n1)c1ccc(Cl)cc1. The van der Waals surface area contributed by atoms with Crippen molar-refractivity contribution in [2.45, 2.75) is 32.7 Å². The first kappa shape index (κ1) is 20.1. The first-order valence-corrected chi connectivity index (χ1v) is 10.1. The maximum absolute atomic E-state index is 12.4. The molecule has 146 valence electrons. The Morgan fingerprint density at radius 3 is 2.64 bits per heavy atom. The number of aryl methyl sites for hydroxylation is 1. The van der Waals surface area contributed by atoms with Crippen molar-refractivity contribution >= 4 is 39.9 Å². The van der Waals surface area contributed by atoms with Gasteiger partial charge in [0.15, 0.2) is 5.13 Å². The van der Waals surface area contributed by atoms with E-state index in [9.17, 15) is 9.59 Å². The van der Waals surface area contributed by atoms with E-state index in [1.807, 2.05) is 31.2 Å². The molecule has 0 saturated carbocycles. The first-order chi connectivity index (χ1) is 13.5. The molecule has 0 fully saturated rings. The molecule has 0 radical (unpaired) electrons. The van der Waals surface area contributed by atoms with Crippen LogP contribution in [-0.2, 0) is 11.2 Å². The van der Waals surface area contributed by atoms with Gasteiger partial charge in [-0.05, 0) is 37.1 Å². The molecule has 0 aliphatic heterocycles. The number of furan rings is 1. The molecule has 0 aliphatic rings. The lowest BCUT2D eigenvalue weighted by atomic mass is 10.0. The van der Waals surface area contributed by atoms with Gasteiger partial charge in [0.1, 0.15) is 5.76 Å². The van der Waals surface area contributed by atoms with Gasteiger partial charge in [-0.2, -0.15) is 0 Å². The first-order valence-electron chi connectivity index (χ1n) is 8.81. The number of rotatable bonds is 7. The monoisotopic (exact) mass is 417 g/mol. The molecule has 2 heterocycles. The second kappa shape index (κ2) is 9.03. The van der Waals surface area contributed by atoms with Crippen molar-refractivity contribution in [3.05, 3.63) is 69.6 Å². The van der Waals surface area contributed by atoms with Crippen molar-refractivity contribution in [2.24, 2.45) is 0 Å². The van der Waals surface area contributed by atoms with Crippen molar-refractivity contribution in [3.8, 4) is 0 Å². The number of amides is 2. The number of nitrogens with zero attached hydrogens (tertiary/aromatic N) is 1. The Balaban J connectivity index is 1.58. The lowest BCUT2D eigenvalue weighted by molar-refractivity contribution is -0.121. The van der Waals surface area contributed by atoms with Crippen molar-refractivity contribution in [1.82, 2.24) is 10.3 Å². The van der Waals surface area contributed by atoms with Crippen LogP contribution in [0.2, 0.25) is 5.02 Å². The predicted molar refractivity (Wildman–Crippen MR) is 110 cm³/mol. The van der Waals surface area contributed by atoms with Crippen LogP contribution >= 0.6 is 22.9 Å². The van der Waals surface area contributed by atoms with Gasteiger partial charge >= 0.3 is 0 Å². The van der Waals surface area contributed by atoms with E-state index in [0.717, 1.165) is 12.0 Å². The smallest absolute Gasteiger partial charge is 0.260 e. The number of carbonyl (C=O) groups excluding carboxylic acids is 2. The average Bonchev–Trinajstić information content (AvgIpc) is 3.29. The summed E-state index contributed by atoms with van der Waals surface area (Å²) in [6.45, 7) is 3.73. The molecule has 0 saturated heterocycles. The van der Waals surface area contributed by atoms with E-state index in [2.05, 4.69) is 15.6 Å². The van der Waals surface area contributed by atoms with Crippen molar-refractivity contribution < 1.29 is 14.0 Å². The normalized spacial score (nSPS) is 11.8. The highest BCUT2D eigenvalue weighted by atomic mass is 35.5. The quantitative estimate of drug-likeness (QED) is 0.580. The summed E-state index contributed by atoms with van der Waals surface area (Å²) in [6, 6.07) is 8.95. The van der Waals surface area contributed by atoms with Gasteiger partial charge in [-0.3, -0.25) is 14.9 Å². The lowest BCUT2D eigenvalue weighted by Crippen LogP contribution is -2.29. The van der Waals surface area contributed by atoms with Crippen LogP contribution in [0.4, 0.5) is 5.13 Å². The summed E-state index contributed by atoms with van der Waals surface area (Å²) in [5, 5.41) is 8.61. The van der Waals surface area contributed by atoms with E-state index in [-0.39, 0.29) is 24.3 Å². The van der Waals surface area contributed by atoms with Crippen LogP contribution in [0, 0.1) is 6.92 Å². The Morgan fingerprint density at radius 1 is 1.25 bits per heavy atom. The van der Waals surface area contributed by atoms with Gasteiger partial charge in [0.25, 0.3) is 5.91 Å². The topological polar surface area (TPSA) is 84.2 Å². The van der Waals surface area contributed by atoms with E-state index in [0.29, 0.717) is 27.2 Å². The van der Waals surface area contributed by atoms with E-state index in [4.69, 9.17) is 16.0 Å². The van der Waals surface area contributed by atoms with Crippen LogP contribution in [0.1, 0.15) is 46.8 Å². The molecular formula is C20H20ClN3O3S. The Morgan fingerprint density at radius 2 is 2.00 bits per heavy atom. The molecule has 3 rings (SSSR count). The summed E-state index contributed by atoms with van der Waals surface area (Å²) in [5.41, 5.74) is 2.07. The zero-order chi connectivity index (χ0) is 20.1. The zero-order valence-corrected chi connectivity index (χ0v) is 17.1. The minimum atomic E-state index is -0.287. The number of thiazole rings is 1. The number of benzene rings is 1. The third kappa shape index (κ3) is 4.99. The summed E-state index contributed by atoms with van der Waals surface area (Å²) in [7, 11) is 0. The maximum Gasteiger partial charge on any atom is 0.260 e. The van der Waals surface area contributed by atoms with Gasteiger partial charge in [0, 0.05) is 10.4 Å². The van der Waals surface area contributed by atoms with Crippen LogP contribution in [0.5, 0.6) is 0 Å². The zero-order valence-electron chi connectivity index (χ0n) is 15.5. The average molecular weight is 418 g/mol. The van der Waals surface area contributed by atoms with Crippen LogP contribution < -0.4 is 10.6 Å². The number of nitrogens with one attached hydrogen (secondary N) is 2. The number of halogens is 1. The Bertz CT molecular complexity index is 965. The molecular weight excluding hydrogens is 398 g/mol. The van der Waals surface area contributed by atoms with E-state index >= 15 is 0 Å². The number of aromatic nitrogens is 1. The predicted octanol–water partition coefficient (Wildman–Crippen LogP) is 4.76. The molecule has 0 spiro atoms. The van der Waals surface area contributed by atoms with Gasteiger partial charge < -0.3 is 9.73 Å². The van der Waals surface area contributed by atoms with Crippen LogP contribution in [0.3, 0.4) is 0 Å². The number of hydrogen-bond donors (Lipinski definition) is 2. The molecule has 2 aromatic heterocycles. The minimum Gasteiger partial charge on any atom is -0.469 e. The molecule has 0 aliphatic carbocycles. The van der Waals surface area contributed by atoms with Crippen LogP contribution in [0.15, 0.2) is 46.4 Å². The molecule has 1 aromatic carbocycles. The highest BCUT2D eigenvalue weighted by Gasteiger charge is 2.16. The van der Waals surface area contributed by atoms with Crippen molar-refractivity contribution in [2.75, 3.05) is 5.32 Å². The summed E-state index contributed by atoms with van der Waals surface area (Å²) < 4.78 is 5.13. The molecule has 3 aromatic rings. The van der Waals surface area contributed by atoms with Gasteiger partial charge in [-0.15, -0.1) is 11.3 Å². The van der Waals surface area contributed by atoms with E-state index in [1.54, 1.807) is 18.4 Å². The second-order valence-corrected chi connectivity index (χ2v) is 7.54. The summed E-state index contributed by atoms with van der Waals surface area (Å²) in [4.78, 5) is 28.9. The van der Waals surface area contributed by atoms with Gasteiger partial charge in [-0.25, -0.2) is 4.98 Å². The van der Waals surface area contributed by atoms with Gasteiger partial charge in [0.05, 0.1) is 30.0 Å². The van der Waals surface area contributed by atoms with Crippen LogP contribution in [0.25, 0.3) is 0 Å². The standard InChI is InChI=1S/C20H20ClN3O3S/c1-3-17(13-4-6-14(21)7-5-13)23-18(25)10-15-11-28-20(22-15)24-19(26)16-8-9-27-12(16)2/h4-9,11,17H,3,10H2,1-2H3,(H,23,25)(H,22,24,26)/t17-/m1/s1. The summed E-state index contributed by atoms with van der Waals surface area (Å²) in [5.74, 6) is 0.127. The highest BCUT2D eigenvalue weighted by molar-refractivity contribution is 7.14. The lowest BCUT2D eigenvalue weighted by Gasteiger charge is -2.17. The second-order valence-electron chi connectivity index (χ2n) is 6.25. The number of anilines is 1. The fourth-order valence-corrected chi connectivity index (χ4v) is 3.59. The number of hydrogen-bond acceptors (Lipinski definition) is 5. The van der Waals surface area contributed by atoms with Gasteiger partial charge in [-0.1, -0.05) is 30.7 Å². The minimum absolute atomic E-state index is 0.0911. The largest absolute Gasteiger partial charge is 0.469 e. The van der Waals surface area contributed by atoms with Crippen LogP contribution in [-0.4, -0.2) is 16.8 Å². The third-order valence-corrected chi connectivity index (χ3v) is 5.29.